The maximum absolute atomic E-state index is 12.3. The Labute approximate surface area is 131 Å². The monoisotopic (exact) mass is 316 g/mol. The molecule has 128 valence electrons. The topological polar surface area (TPSA) is 148 Å². The molecular weight excluding hydrogens is 288 g/mol. The third-order valence-corrected chi connectivity index (χ3v) is 3.56. The first-order valence-electron chi connectivity index (χ1n) is 7.60. The van der Waals surface area contributed by atoms with Gasteiger partial charge in [0.25, 0.3) is 0 Å². The van der Waals surface area contributed by atoms with Crippen LogP contribution < -0.4 is 22.1 Å². The van der Waals surface area contributed by atoms with Crippen molar-refractivity contribution < 1.29 is 19.5 Å². The molecule has 22 heavy (non-hydrogen) atoms. The molecule has 0 fully saturated rings. The summed E-state index contributed by atoms with van der Waals surface area (Å²) in [7, 11) is 0. The van der Waals surface area contributed by atoms with Gasteiger partial charge in [0.1, 0.15) is 12.1 Å². The average molecular weight is 316 g/mol. The third kappa shape index (κ3) is 7.37. The SMILES string of the molecule is CC[C@H](C)[C@H](NC(=O)[C@H](CCCCN)NC(=O)CN)C(=O)O. The van der Waals surface area contributed by atoms with Gasteiger partial charge in [0.2, 0.25) is 11.8 Å². The molecule has 0 aliphatic rings. The number of hydrogen-bond acceptors (Lipinski definition) is 5. The fraction of sp³-hybridized carbons (Fsp3) is 0.786. The minimum absolute atomic E-state index is 0.212. The van der Waals surface area contributed by atoms with Gasteiger partial charge in [-0.05, 0) is 31.7 Å². The molecule has 0 saturated carbocycles. The van der Waals surface area contributed by atoms with Crippen molar-refractivity contribution in [2.24, 2.45) is 17.4 Å². The van der Waals surface area contributed by atoms with E-state index in [4.69, 9.17) is 11.5 Å². The minimum Gasteiger partial charge on any atom is -0.480 e. The van der Waals surface area contributed by atoms with Crippen molar-refractivity contribution in [3.8, 4) is 0 Å². The van der Waals surface area contributed by atoms with Crippen molar-refractivity contribution in [2.45, 2.75) is 51.6 Å². The molecule has 0 heterocycles. The highest BCUT2D eigenvalue weighted by molar-refractivity contribution is 5.90. The van der Waals surface area contributed by atoms with Gasteiger partial charge in [-0.15, -0.1) is 0 Å². The number of carboxylic acid groups (broad SMARTS) is 1. The zero-order valence-corrected chi connectivity index (χ0v) is 13.3. The molecule has 0 rings (SSSR count). The normalized spacial score (nSPS) is 14.7. The van der Waals surface area contributed by atoms with Gasteiger partial charge < -0.3 is 27.2 Å². The van der Waals surface area contributed by atoms with Gasteiger partial charge in [-0.3, -0.25) is 9.59 Å². The molecule has 0 bridgehead atoms. The van der Waals surface area contributed by atoms with E-state index in [1.807, 2.05) is 6.92 Å². The number of unbranched alkanes of at least 4 members (excludes halogenated alkanes) is 1. The molecule has 0 radical (unpaired) electrons. The van der Waals surface area contributed by atoms with Gasteiger partial charge in [-0.25, -0.2) is 4.79 Å². The molecule has 0 aliphatic heterocycles. The first-order valence-corrected chi connectivity index (χ1v) is 7.60. The maximum atomic E-state index is 12.3. The quantitative estimate of drug-likeness (QED) is 0.314. The highest BCUT2D eigenvalue weighted by Gasteiger charge is 2.29. The molecular formula is C14H28N4O4. The van der Waals surface area contributed by atoms with Crippen molar-refractivity contribution in [3.05, 3.63) is 0 Å². The summed E-state index contributed by atoms with van der Waals surface area (Å²) >= 11 is 0. The molecule has 0 aromatic carbocycles. The second kappa shape index (κ2) is 11.0. The van der Waals surface area contributed by atoms with Crippen LogP contribution in [0.5, 0.6) is 0 Å². The Morgan fingerprint density at radius 1 is 1.14 bits per heavy atom. The van der Waals surface area contributed by atoms with Crippen LogP contribution in [0.1, 0.15) is 39.5 Å². The van der Waals surface area contributed by atoms with Gasteiger partial charge in [0.05, 0.1) is 6.54 Å². The number of aliphatic carboxylic acids is 1. The molecule has 2 amide bonds. The first-order chi connectivity index (χ1) is 10.4. The lowest BCUT2D eigenvalue weighted by molar-refractivity contribution is -0.143. The van der Waals surface area contributed by atoms with Gasteiger partial charge >= 0.3 is 5.97 Å². The van der Waals surface area contributed by atoms with Crippen molar-refractivity contribution in [1.82, 2.24) is 10.6 Å². The predicted molar refractivity (Wildman–Crippen MR) is 82.9 cm³/mol. The number of nitrogens with one attached hydrogen (secondary N) is 2. The number of carbonyl (C=O) groups excluding carboxylic acids is 2. The van der Waals surface area contributed by atoms with E-state index in [0.29, 0.717) is 25.8 Å². The largest absolute Gasteiger partial charge is 0.480 e. The van der Waals surface area contributed by atoms with E-state index in [1.165, 1.54) is 0 Å². The lowest BCUT2D eigenvalue weighted by Crippen LogP contribution is -2.54. The van der Waals surface area contributed by atoms with Crippen molar-refractivity contribution in [1.29, 1.82) is 0 Å². The molecule has 0 aromatic rings. The van der Waals surface area contributed by atoms with Crippen LogP contribution in [0.3, 0.4) is 0 Å². The Balaban J connectivity index is 4.83. The van der Waals surface area contributed by atoms with E-state index in [2.05, 4.69) is 10.6 Å². The van der Waals surface area contributed by atoms with Crippen molar-refractivity contribution in [2.75, 3.05) is 13.1 Å². The highest BCUT2D eigenvalue weighted by Crippen LogP contribution is 2.09. The summed E-state index contributed by atoms with van der Waals surface area (Å²) in [5.41, 5.74) is 10.6. The second-order valence-electron chi connectivity index (χ2n) is 5.32. The summed E-state index contributed by atoms with van der Waals surface area (Å²) in [6.07, 6.45) is 2.38. The Kier molecular flexibility index (Phi) is 10.1. The molecule has 0 aliphatic carbocycles. The first kappa shape index (κ1) is 20.3. The van der Waals surface area contributed by atoms with Gasteiger partial charge in [0, 0.05) is 0 Å². The predicted octanol–water partition coefficient (Wildman–Crippen LogP) is -0.826. The zero-order valence-electron chi connectivity index (χ0n) is 13.3. The maximum Gasteiger partial charge on any atom is 0.326 e. The highest BCUT2D eigenvalue weighted by atomic mass is 16.4. The number of nitrogens with two attached hydrogens (primary N) is 2. The molecule has 8 heteroatoms. The molecule has 3 atom stereocenters. The summed E-state index contributed by atoms with van der Waals surface area (Å²) in [6, 6.07) is -1.78. The number of carboxylic acids is 1. The van der Waals surface area contributed by atoms with Gasteiger partial charge in [-0.1, -0.05) is 20.3 Å². The van der Waals surface area contributed by atoms with Crippen LogP contribution in [-0.2, 0) is 14.4 Å². The molecule has 7 N–H and O–H groups in total. The lowest BCUT2D eigenvalue weighted by Gasteiger charge is -2.24. The third-order valence-electron chi connectivity index (χ3n) is 3.56. The molecule has 0 saturated heterocycles. The molecule has 0 spiro atoms. The second-order valence-corrected chi connectivity index (χ2v) is 5.32. The summed E-state index contributed by atoms with van der Waals surface area (Å²) in [4.78, 5) is 34.9. The van der Waals surface area contributed by atoms with Crippen molar-refractivity contribution in [3.63, 3.8) is 0 Å². The van der Waals surface area contributed by atoms with Crippen molar-refractivity contribution >= 4 is 17.8 Å². The van der Waals surface area contributed by atoms with E-state index < -0.39 is 29.9 Å². The Bertz CT molecular complexity index is 376. The Morgan fingerprint density at radius 3 is 2.23 bits per heavy atom. The van der Waals surface area contributed by atoms with E-state index in [1.54, 1.807) is 6.92 Å². The minimum atomic E-state index is -1.09. The number of hydrogen-bond donors (Lipinski definition) is 5. The number of carbonyl (C=O) groups is 3. The molecule has 0 unspecified atom stereocenters. The lowest BCUT2D eigenvalue weighted by atomic mass is 9.98. The number of rotatable bonds is 11. The van der Waals surface area contributed by atoms with Crippen LogP contribution in [0.15, 0.2) is 0 Å². The fourth-order valence-electron chi connectivity index (χ4n) is 1.95. The van der Waals surface area contributed by atoms with E-state index >= 15 is 0 Å². The summed E-state index contributed by atoms with van der Waals surface area (Å²) in [5.74, 6) is -2.26. The van der Waals surface area contributed by atoms with Gasteiger partial charge in [0.15, 0.2) is 0 Å². The van der Waals surface area contributed by atoms with Crippen LogP contribution in [0.25, 0.3) is 0 Å². The summed E-state index contributed by atoms with van der Waals surface area (Å²) in [6.45, 7) is 3.86. The molecule has 8 nitrogen and oxygen atoms in total. The number of amides is 2. The fourth-order valence-corrected chi connectivity index (χ4v) is 1.95. The summed E-state index contributed by atoms with van der Waals surface area (Å²) < 4.78 is 0. The van der Waals surface area contributed by atoms with Crippen LogP contribution in [0.4, 0.5) is 0 Å². The van der Waals surface area contributed by atoms with E-state index in [-0.39, 0.29) is 12.5 Å². The van der Waals surface area contributed by atoms with Crippen LogP contribution in [0.2, 0.25) is 0 Å². The van der Waals surface area contributed by atoms with Gasteiger partial charge in [-0.2, -0.15) is 0 Å². The Hall–Kier alpha value is -1.67. The van der Waals surface area contributed by atoms with Crippen LogP contribution in [0, 0.1) is 5.92 Å². The van der Waals surface area contributed by atoms with E-state index in [0.717, 1.165) is 6.42 Å². The Morgan fingerprint density at radius 2 is 1.77 bits per heavy atom. The smallest absolute Gasteiger partial charge is 0.326 e. The zero-order chi connectivity index (χ0) is 17.1. The average Bonchev–Trinajstić information content (AvgIpc) is 2.50. The van der Waals surface area contributed by atoms with Crippen LogP contribution >= 0.6 is 0 Å². The molecule has 0 aromatic heterocycles. The summed E-state index contributed by atoms with van der Waals surface area (Å²) in [5, 5.41) is 14.2. The standard InChI is InChI=1S/C14H28N4O4/c1-3-9(2)12(14(21)22)18-13(20)10(6-4-5-7-15)17-11(19)8-16/h9-10,12H,3-8,15-16H2,1-2H3,(H,17,19)(H,18,20)(H,21,22)/t9-,10-,12-/m0/s1. The van der Waals surface area contributed by atoms with E-state index in [9.17, 15) is 19.5 Å². The van der Waals surface area contributed by atoms with Crippen LogP contribution in [-0.4, -0.2) is 48.1 Å².